The fraction of sp³-hybridized carbons (Fsp3) is 0.241. The van der Waals surface area contributed by atoms with Gasteiger partial charge >= 0.3 is 5.97 Å². The predicted molar refractivity (Wildman–Crippen MR) is 157 cm³/mol. The molecular formula is C29H30N4O5S2. The lowest BCUT2D eigenvalue weighted by molar-refractivity contribution is -0.113. The molecule has 4 rings (SSSR count). The smallest absolute Gasteiger partial charge is 0.341 e. The maximum atomic E-state index is 12.9. The Bertz CT molecular complexity index is 1510. The number of hydrogen-bond acceptors (Lipinski definition) is 9. The number of benzene rings is 2. The Morgan fingerprint density at radius 2 is 1.90 bits per heavy atom. The normalized spacial score (nSPS) is 10.7. The van der Waals surface area contributed by atoms with E-state index in [0.717, 1.165) is 22.4 Å². The quantitative estimate of drug-likeness (QED) is 0.126. The third-order valence-corrected chi connectivity index (χ3v) is 7.83. The van der Waals surface area contributed by atoms with Crippen molar-refractivity contribution in [3.63, 3.8) is 0 Å². The molecule has 208 valence electrons. The van der Waals surface area contributed by atoms with Crippen LogP contribution in [0.5, 0.6) is 11.5 Å². The zero-order valence-electron chi connectivity index (χ0n) is 22.7. The second-order valence-electron chi connectivity index (χ2n) is 8.77. The molecule has 2 aromatic carbocycles. The van der Waals surface area contributed by atoms with Crippen LogP contribution in [0.2, 0.25) is 0 Å². The van der Waals surface area contributed by atoms with E-state index in [2.05, 4.69) is 22.1 Å². The number of methoxy groups -OCH3 is 2. The molecule has 0 saturated heterocycles. The van der Waals surface area contributed by atoms with Gasteiger partial charge in [0.2, 0.25) is 5.91 Å². The summed E-state index contributed by atoms with van der Waals surface area (Å²) >= 11 is 2.50. The average Bonchev–Trinajstić information content (AvgIpc) is 3.56. The highest BCUT2D eigenvalue weighted by Gasteiger charge is 2.23. The molecule has 0 saturated carbocycles. The van der Waals surface area contributed by atoms with Crippen LogP contribution in [0, 0.1) is 13.8 Å². The third kappa shape index (κ3) is 6.72. The number of anilines is 1. The molecule has 1 amide bonds. The second kappa shape index (κ2) is 13.3. The van der Waals surface area contributed by atoms with Gasteiger partial charge in [-0.2, -0.15) is 0 Å². The van der Waals surface area contributed by atoms with Gasteiger partial charge in [-0.05, 0) is 48.7 Å². The van der Waals surface area contributed by atoms with Crippen LogP contribution in [0.25, 0.3) is 11.1 Å². The predicted octanol–water partition coefficient (Wildman–Crippen LogP) is 5.91. The summed E-state index contributed by atoms with van der Waals surface area (Å²) in [7, 11) is 2.90. The summed E-state index contributed by atoms with van der Waals surface area (Å²) < 4.78 is 18.1. The SMILES string of the molecule is C=CCn1c(COc2cc(C)ccc2C)nnc1SCC(=O)Nc1scc(-c2ccc(OC)cc2)c1C(=O)OC. The fourth-order valence-electron chi connectivity index (χ4n) is 3.88. The molecule has 2 aromatic heterocycles. The number of thiophene rings is 1. The number of esters is 1. The summed E-state index contributed by atoms with van der Waals surface area (Å²) in [6, 6.07) is 13.3. The molecule has 0 radical (unpaired) electrons. The van der Waals surface area contributed by atoms with Crippen molar-refractivity contribution in [2.45, 2.75) is 32.2 Å². The number of allylic oxidation sites excluding steroid dienone is 1. The Labute approximate surface area is 241 Å². The lowest BCUT2D eigenvalue weighted by Gasteiger charge is -2.11. The van der Waals surface area contributed by atoms with Gasteiger partial charge in [-0.3, -0.25) is 9.36 Å². The molecule has 0 atom stereocenters. The van der Waals surface area contributed by atoms with E-state index >= 15 is 0 Å². The van der Waals surface area contributed by atoms with Crippen molar-refractivity contribution in [1.29, 1.82) is 0 Å². The number of ether oxygens (including phenoxy) is 3. The van der Waals surface area contributed by atoms with E-state index in [1.54, 1.807) is 13.2 Å². The van der Waals surface area contributed by atoms with E-state index in [-0.39, 0.29) is 18.3 Å². The van der Waals surface area contributed by atoms with E-state index in [9.17, 15) is 9.59 Å². The summed E-state index contributed by atoms with van der Waals surface area (Å²) in [4.78, 5) is 25.6. The number of carbonyl (C=O) groups excluding carboxylic acids is 2. The van der Waals surface area contributed by atoms with Crippen LogP contribution in [0.3, 0.4) is 0 Å². The molecule has 1 N–H and O–H groups in total. The Kier molecular flexibility index (Phi) is 9.62. The number of nitrogens with zero attached hydrogens (tertiary/aromatic N) is 3. The van der Waals surface area contributed by atoms with Crippen LogP contribution in [-0.4, -0.2) is 46.6 Å². The van der Waals surface area contributed by atoms with Crippen molar-refractivity contribution in [3.8, 4) is 22.6 Å². The van der Waals surface area contributed by atoms with Gasteiger partial charge in [0, 0.05) is 17.5 Å². The van der Waals surface area contributed by atoms with E-state index in [1.165, 1.54) is 30.2 Å². The molecule has 2 heterocycles. The molecule has 0 aliphatic rings. The van der Waals surface area contributed by atoms with Crippen LogP contribution in [0.4, 0.5) is 5.00 Å². The number of rotatable bonds is 12. The zero-order chi connectivity index (χ0) is 28.6. The lowest BCUT2D eigenvalue weighted by Crippen LogP contribution is -2.16. The summed E-state index contributed by atoms with van der Waals surface area (Å²) in [5.74, 6) is 1.35. The van der Waals surface area contributed by atoms with E-state index < -0.39 is 5.97 Å². The van der Waals surface area contributed by atoms with Crippen LogP contribution in [0.1, 0.15) is 27.3 Å². The van der Waals surface area contributed by atoms with Gasteiger partial charge in [-0.25, -0.2) is 4.79 Å². The van der Waals surface area contributed by atoms with E-state index in [4.69, 9.17) is 14.2 Å². The molecule has 0 unspecified atom stereocenters. The standard InChI is InChI=1S/C29H30N4O5S2/c1-6-13-33-24(15-38-23-14-18(2)7-8-19(23)3)31-32-29(33)40-17-25(34)30-27-26(28(35)37-5)22(16-39-27)20-9-11-21(36-4)12-10-20/h6-12,14,16H,1,13,15,17H2,2-5H3,(H,30,34). The first-order valence-electron chi connectivity index (χ1n) is 12.3. The van der Waals surface area contributed by atoms with Gasteiger partial charge in [0.15, 0.2) is 11.0 Å². The van der Waals surface area contributed by atoms with Gasteiger partial charge in [-0.15, -0.1) is 28.1 Å². The Morgan fingerprint density at radius 1 is 1.12 bits per heavy atom. The van der Waals surface area contributed by atoms with Crippen molar-refractivity contribution in [2.75, 3.05) is 25.3 Å². The molecule has 40 heavy (non-hydrogen) atoms. The monoisotopic (exact) mass is 578 g/mol. The van der Waals surface area contributed by atoms with Gasteiger partial charge in [0.1, 0.15) is 28.7 Å². The Morgan fingerprint density at radius 3 is 2.60 bits per heavy atom. The Hall–Kier alpha value is -4.09. The van der Waals surface area contributed by atoms with Crippen LogP contribution >= 0.6 is 23.1 Å². The van der Waals surface area contributed by atoms with Gasteiger partial charge in [0.05, 0.1) is 20.0 Å². The summed E-state index contributed by atoms with van der Waals surface area (Å²) in [5, 5.41) is 14.2. The number of thioether (sulfide) groups is 1. The van der Waals surface area contributed by atoms with Gasteiger partial charge < -0.3 is 19.5 Å². The molecule has 0 spiro atoms. The van der Waals surface area contributed by atoms with Gasteiger partial charge in [-0.1, -0.05) is 42.1 Å². The lowest BCUT2D eigenvalue weighted by atomic mass is 10.0. The van der Waals surface area contributed by atoms with Crippen LogP contribution < -0.4 is 14.8 Å². The maximum absolute atomic E-state index is 12.9. The summed E-state index contributed by atoms with van der Waals surface area (Å²) in [6.45, 7) is 8.52. The molecule has 9 nitrogen and oxygen atoms in total. The minimum Gasteiger partial charge on any atom is -0.497 e. The van der Waals surface area contributed by atoms with Crippen molar-refractivity contribution in [2.24, 2.45) is 0 Å². The highest BCUT2D eigenvalue weighted by molar-refractivity contribution is 7.99. The van der Waals surface area contributed by atoms with Crippen LogP contribution in [0.15, 0.2) is 65.7 Å². The van der Waals surface area contributed by atoms with Gasteiger partial charge in [0.25, 0.3) is 0 Å². The molecule has 0 aliphatic heterocycles. The number of amides is 1. The Balaban J connectivity index is 1.45. The van der Waals surface area contributed by atoms with Crippen molar-refractivity contribution in [1.82, 2.24) is 14.8 Å². The maximum Gasteiger partial charge on any atom is 0.341 e. The number of hydrogen-bond donors (Lipinski definition) is 1. The number of nitrogens with one attached hydrogen (secondary N) is 1. The molecule has 11 heteroatoms. The topological polar surface area (TPSA) is 105 Å². The summed E-state index contributed by atoms with van der Waals surface area (Å²) in [6.07, 6.45) is 1.74. The zero-order valence-corrected chi connectivity index (χ0v) is 24.4. The molecule has 4 aromatic rings. The highest BCUT2D eigenvalue weighted by Crippen LogP contribution is 2.37. The highest BCUT2D eigenvalue weighted by atomic mass is 32.2. The first-order valence-corrected chi connectivity index (χ1v) is 14.2. The molecule has 0 bridgehead atoms. The average molecular weight is 579 g/mol. The van der Waals surface area contributed by atoms with Crippen molar-refractivity contribution in [3.05, 3.63) is 83.0 Å². The summed E-state index contributed by atoms with van der Waals surface area (Å²) in [5.41, 5.74) is 3.91. The first kappa shape index (κ1) is 28.9. The molecule has 0 aliphatic carbocycles. The van der Waals surface area contributed by atoms with Crippen molar-refractivity contribution < 1.29 is 23.8 Å². The number of aromatic nitrogens is 3. The second-order valence-corrected chi connectivity index (χ2v) is 10.6. The van der Waals surface area contributed by atoms with E-state index in [1.807, 2.05) is 66.3 Å². The van der Waals surface area contributed by atoms with Crippen molar-refractivity contribution >= 4 is 40.0 Å². The molecular weight excluding hydrogens is 548 g/mol. The first-order chi connectivity index (χ1) is 19.3. The minimum absolute atomic E-state index is 0.0590. The third-order valence-electron chi connectivity index (χ3n) is 5.97. The minimum atomic E-state index is -0.533. The largest absolute Gasteiger partial charge is 0.497 e. The number of carbonyl (C=O) groups is 2. The van der Waals surface area contributed by atoms with Crippen LogP contribution in [-0.2, 0) is 22.7 Å². The fourth-order valence-corrected chi connectivity index (χ4v) is 5.62. The molecule has 0 fully saturated rings. The number of aryl methyl sites for hydroxylation is 2. The van der Waals surface area contributed by atoms with E-state index in [0.29, 0.717) is 39.4 Å².